The molecule has 158 valence electrons. The molecule has 0 aliphatic carbocycles. The minimum atomic E-state index is -3.72. The van der Waals surface area contributed by atoms with E-state index in [0.29, 0.717) is 26.2 Å². The Kier molecular flexibility index (Phi) is 5.42. The first-order valence-corrected chi connectivity index (χ1v) is 11.6. The van der Waals surface area contributed by atoms with E-state index in [1.54, 1.807) is 18.0 Å². The summed E-state index contributed by atoms with van der Waals surface area (Å²) in [7, 11) is -3.72. The van der Waals surface area contributed by atoms with Gasteiger partial charge in [0.25, 0.3) is 5.91 Å². The second-order valence-electron chi connectivity index (χ2n) is 7.41. The topological polar surface area (TPSA) is 90.9 Å². The molecule has 2 fully saturated rings. The maximum Gasteiger partial charge on any atom is 0.255 e. The van der Waals surface area contributed by atoms with E-state index in [2.05, 4.69) is 9.88 Å². The number of piperazine rings is 1. The average molecular weight is 449 g/mol. The fourth-order valence-electron chi connectivity index (χ4n) is 3.74. The Hall–Kier alpha value is -2.65. The molecule has 2 aliphatic rings. The van der Waals surface area contributed by atoms with Crippen LogP contribution < -0.4 is 9.21 Å². The zero-order valence-electron chi connectivity index (χ0n) is 16.4. The van der Waals surface area contributed by atoms with Crippen molar-refractivity contribution in [3.63, 3.8) is 0 Å². The highest BCUT2D eigenvalue weighted by atomic mass is 35.5. The maximum atomic E-state index is 12.9. The van der Waals surface area contributed by atoms with E-state index in [0.717, 1.165) is 10.1 Å². The third-order valence-corrected chi connectivity index (χ3v) is 7.50. The molecule has 2 saturated heterocycles. The molecule has 10 heteroatoms. The maximum absolute atomic E-state index is 12.9. The Balaban J connectivity index is 1.49. The molecule has 0 bridgehead atoms. The highest BCUT2D eigenvalue weighted by Crippen LogP contribution is 2.32. The molecule has 8 nitrogen and oxygen atoms in total. The van der Waals surface area contributed by atoms with Gasteiger partial charge in [-0.3, -0.25) is 9.59 Å². The van der Waals surface area contributed by atoms with E-state index >= 15 is 0 Å². The second-order valence-corrected chi connectivity index (χ2v) is 9.68. The summed E-state index contributed by atoms with van der Waals surface area (Å²) >= 11 is 6.32. The fourth-order valence-corrected chi connectivity index (χ4v) is 5.81. The van der Waals surface area contributed by atoms with E-state index in [1.165, 1.54) is 18.2 Å². The number of nitrogens with zero attached hydrogens (tertiary/aromatic N) is 4. The summed E-state index contributed by atoms with van der Waals surface area (Å²) in [4.78, 5) is 33.4. The van der Waals surface area contributed by atoms with Crippen molar-refractivity contribution in [3.8, 4) is 0 Å². The molecule has 3 heterocycles. The number of hydrogen-bond acceptors (Lipinski definition) is 6. The molecular formula is C20H21ClN4O4S. The lowest BCUT2D eigenvalue weighted by atomic mass is 10.1. The molecule has 1 atom stereocenters. The zero-order valence-corrected chi connectivity index (χ0v) is 17.9. The number of anilines is 2. The Morgan fingerprint density at radius 2 is 1.87 bits per heavy atom. The number of sulfonamides is 1. The highest BCUT2D eigenvalue weighted by Gasteiger charge is 2.42. The molecule has 0 saturated carbocycles. The van der Waals surface area contributed by atoms with E-state index < -0.39 is 21.8 Å². The smallest absolute Gasteiger partial charge is 0.255 e. The lowest BCUT2D eigenvalue weighted by molar-refractivity contribution is -0.119. The Labute approximate surface area is 180 Å². The van der Waals surface area contributed by atoms with Crippen LogP contribution in [-0.2, 0) is 14.8 Å². The van der Waals surface area contributed by atoms with Crippen LogP contribution in [0.4, 0.5) is 11.5 Å². The molecule has 0 radical (unpaired) electrons. The van der Waals surface area contributed by atoms with E-state index in [1.807, 2.05) is 18.2 Å². The van der Waals surface area contributed by atoms with Gasteiger partial charge in [-0.1, -0.05) is 24.6 Å². The monoisotopic (exact) mass is 448 g/mol. The quantitative estimate of drug-likeness (QED) is 0.713. The summed E-state index contributed by atoms with van der Waals surface area (Å²) in [6, 6.07) is 10.0. The van der Waals surface area contributed by atoms with Crippen LogP contribution in [0.25, 0.3) is 0 Å². The van der Waals surface area contributed by atoms with Gasteiger partial charge in [0.2, 0.25) is 15.9 Å². The number of benzene rings is 1. The van der Waals surface area contributed by atoms with Gasteiger partial charge in [-0.25, -0.2) is 17.7 Å². The van der Waals surface area contributed by atoms with Crippen molar-refractivity contribution < 1.29 is 18.0 Å². The third kappa shape index (κ3) is 3.75. The Morgan fingerprint density at radius 1 is 1.13 bits per heavy atom. The molecule has 2 aliphatic heterocycles. The van der Waals surface area contributed by atoms with Crippen LogP contribution in [0.2, 0.25) is 5.02 Å². The first kappa shape index (κ1) is 20.6. The van der Waals surface area contributed by atoms with Gasteiger partial charge in [0.05, 0.1) is 27.9 Å². The van der Waals surface area contributed by atoms with Crippen molar-refractivity contribution in [2.24, 2.45) is 5.92 Å². The van der Waals surface area contributed by atoms with Crippen LogP contribution in [0, 0.1) is 5.92 Å². The predicted molar refractivity (Wildman–Crippen MR) is 114 cm³/mol. The summed E-state index contributed by atoms with van der Waals surface area (Å²) in [6.45, 7) is 3.91. The van der Waals surface area contributed by atoms with Crippen molar-refractivity contribution in [1.82, 2.24) is 9.88 Å². The molecular weight excluding hydrogens is 428 g/mol. The normalized spacial score (nSPS) is 21.2. The fraction of sp³-hybridized carbons (Fsp3) is 0.350. The first-order chi connectivity index (χ1) is 14.3. The van der Waals surface area contributed by atoms with E-state index in [-0.39, 0.29) is 27.9 Å². The van der Waals surface area contributed by atoms with Gasteiger partial charge in [-0.2, -0.15) is 0 Å². The standard InChI is InChI=1S/C20H21ClN4O4S/c1-14-13-30(28,29)25(19(14)26)15-5-6-16(17(21)12-15)20(27)24-10-8-23(9-11-24)18-4-2-3-7-22-18/h2-7,12,14H,8-11,13H2,1H3. The van der Waals surface area contributed by atoms with Crippen LogP contribution in [-0.4, -0.2) is 62.0 Å². The SMILES string of the molecule is CC1CS(=O)(=O)N(c2ccc(C(=O)N3CCN(c4ccccn4)CC3)c(Cl)c2)C1=O. The van der Waals surface area contributed by atoms with Crippen molar-refractivity contribution in [2.45, 2.75) is 6.92 Å². The van der Waals surface area contributed by atoms with Gasteiger partial charge in [0.1, 0.15) is 5.82 Å². The van der Waals surface area contributed by atoms with Crippen LogP contribution >= 0.6 is 11.6 Å². The van der Waals surface area contributed by atoms with Gasteiger partial charge in [-0.15, -0.1) is 0 Å². The third-order valence-electron chi connectivity index (χ3n) is 5.32. The predicted octanol–water partition coefficient (Wildman–Crippen LogP) is 2.01. The van der Waals surface area contributed by atoms with Crippen LogP contribution in [0.3, 0.4) is 0 Å². The zero-order chi connectivity index (χ0) is 21.5. The number of aromatic nitrogens is 1. The largest absolute Gasteiger partial charge is 0.353 e. The number of carbonyl (C=O) groups excluding carboxylic acids is 2. The van der Waals surface area contributed by atoms with Gasteiger partial charge in [0, 0.05) is 32.4 Å². The summed E-state index contributed by atoms with van der Waals surface area (Å²) in [6.07, 6.45) is 1.74. The Morgan fingerprint density at radius 3 is 2.43 bits per heavy atom. The molecule has 2 amide bonds. The lowest BCUT2D eigenvalue weighted by Gasteiger charge is -2.35. The highest BCUT2D eigenvalue weighted by molar-refractivity contribution is 7.94. The average Bonchev–Trinajstić information content (AvgIpc) is 2.94. The van der Waals surface area contributed by atoms with Crippen LogP contribution in [0.5, 0.6) is 0 Å². The van der Waals surface area contributed by atoms with Crippen molar-refractivity contribution >= 4 is 44.9 Å². The molecule has 30 heavy (non-hydrogen) atoms. The molecule has 1 aromatic carbocycles. The number of amides is 2. The van der Waals surface area contributed by atoms with Gasteiger partial charge >= 0.3 is 0 Å². The minimum Gasteiger partial charge on any atom is -0.353 e. The van der Waals surface area contributed by atoms with E-state index in [9.17, 15) is 18.0 Å². The van der Waals surface area contributed by atoms with Crippen molar-refractivity contribution in [1.29, 1.82) is 0 Å². The van der Waals surface area contributed by atoms with Gasteiger partial charge < -0.3 is 9.80 Å². The van der Waals surface area contributed by atoms with Gasteiger partial charge in [-0.05, 0) is 30.3 Å². The molecule has 2 aromatic rings. The number of halogens is 1. The number of hydrogen-bond donors (Lipinski definition) is 0. The molecule has 1 aromatic heterocycles. The number of rotatable bonds is 3. The van der Waals surface area contributed by atoms with E-state index in [4.69, 9.17) is 11.6 Å². The van der Waals surface area contributed by atoms with Crippen LogP contribution in [0.15, 0.2) is 42.6 Å². The molecule has 4 rings (SSSR count). The van der Waals surface area contributed by atoms with Crippen LogP contribution in [0.1, 0.15) is 17.3 Å². The molecule has 0 spiro atoms. The number of pyridine rings is 1. The summed E-state index contributed by atoms with van der Waals surface area (Å²) in [5.74, 6) is -0.680. The summed E-state index contributed by atoms with van der Waals surface area (Å²) in [5, 5.41) is 0.118. The summed E-state index contributed by atoms with van der Waals surface area (Å²) in [5.41, 5.74) is 0.440. The first-order valence-electron chi connectivity index (χ1n) is 9.59. The van der Waals surface area contributed by atoms with Crippen molar-refractivity contribution in [3.05, 3.63) is 53.2 Å². The number of carbonyl (C=O) groups is 2. The molecule has 0 N–H and O–H groups in total. The van der Waals surface area contributed by atoms with Crippen molar-refractivity contribution in [2.75, 3.05) is 41.1 Å². The lowest BCUT2D eigenvalue weighted by Crippen LogP contribution is -2.49. The Bertz CT molecular complexity index is 1090. The second kappa shape index (κ2) is 7.88. The minimum absolute atomic E-state index is 0.118. The molecule has 1 unspecified atom stereocenters. The summed E-state index contributed by atoms with van der Waals surface area (Å²) < 4.78 is 25.4. The van der Waals surface area contributed by atoms with Gasteiger partial charge in [0.15, 0.2) is 0 Å².